The first-order chi connectivity index (χ1) is 15.7. The SMILES string of the molecule is CC(C(=O)Nc1cc(C(F)(F)F)ccc1Cl)n1ccc2c(OCc3ccccc3)cccc21. The maximum Gasteiger partial charge on any atom is 0.416 e. The summed E-state index contributed by atoms with van der Waals surface area (Å²) in [5.74, 6) is 0.174. The highest BCUT2D eigenvalue weighted by Crippen LogP contribution is 2.34. The number of ether oxygens (including phenoxy) is 1. The Bertz CT molecular complexity index is 1290. The first-order valence-corrected chi connectivity index (χ1v) is 10.6. The third kappa shape index (κ3) is 4.98. The fourth-order valence-corrected chi connectivity index (χ4v) is 3.68. The molecule has 0 saturated carbocycles. The maximum absolute atomic E-state index is 13.0. The van der Waals surface area contributed by atoms with Gasteiger partial charge in [-0.25, -0.2) is 0 Å². The minimum atomic E-state index is -4.54. The molecule has 4 aromatic rings. The number of nitrogens with zero attached hydrogens (tertiary/aromatic N) is 1. The topological polar surface area (TPSA) is 43.3 Å². The number of benzene rings is 3. The molecule has 0 spiro atoms. The molecule has 0 aliphatic rings. The molecule has 1 aromatic heterocycles. The fraction of sp³-hybridized carbons (Fsp3) is 0.160. The monoisotopic (exact) mass is 472 g/mol. The smallest absolute Gasteiger partial charge is 0.416 e. The molecule has 0 bridgehead atoms. The molecule has 0 saturated heterocycles. The molecule has 0 aliphatic heterocycles. The largest absolute Gasteiger partial charge is 0.488 e. The number of hydrogen-bond acceptors (Lipinski definition) is 2. The van der Waals surface area contributed by atoms with E-state index < -0.39 is 23.7 Å². The van der Waals surface area contributed by atoms with Crippen molar-refractivity contribution in [2.24, 2.45) is 0 Å². The highest BCUT2D eigenvalue weighted by molar-refractivity contribution is 6.33. The lowest BCUT2D eigenvalue weighted by molar-refractivity contribution is -0.137. The van der Waals surface area contributed by atoms with Crippen LogP contribution in [0.2, 0.25) is 5.02 Å². The molecule has 1 N–H and O–H groups in total. The molecule has 0 aliphatic carbocycles. The first kappa shape index (κ1) is 22.7. The highest BCUT2D eigenvalue weighted by atomic mass is 35.5. The van der Waals surface area contributed by atoms with Gasteiger partial charge in [-0.3, -0.25) is 4.79 Å². The molecule has 1 unspecified atom stereocenters. The van der Waals surface area contributed by atoms with Gasteiger partial charge in [-0.15, -0.1) is 0 Å². The lowest BCUT2D eigenvalue weighted by Gasteiger charge is -2.17. The van der Waals surface area contributed by atoms with Crippen LogP contribution in [0, 0.1) is 0 Å². The molecular formula is C25H20ClF3N2O2. The third-order valence-electron chi connectivity index (χ3n) is 5.31. The molecule has 0 fully saturated rings. The number of fused-ring (bicyclic) bond motifs is 1. The molecule has 3 aromatic carbocycles. The third-order valence-corrected chi connectivity index (χ3v) is 5.64. The molecule has 1 heterocycles. The van der Waals surface area contributed by atoms with E-state index >= 15 is 0 Å². The summed E-state index contributed by atoms with van der Waals surface area (Å²) in [6, 6.07) is 19.2. The number of carbonyl (C=O) groups is 1. The second kappa shape index (κ2) is 9.19. The number of halogens is 4. The van der Waals surface area contributed by atoms with Gasteiger partial charge in [0.15, 0.2) is 0 Å². The molecule has 8 heteroatoms. The molecule has 170 valence electrons. The molecule has 4 nitrogen and oxygen atoms in total. The predicted octanol–water partition coefficient (Wildman–Crippen LogP) is 7.09. The lowest BCUT2D eigenvalue weighted by atomic mass is 10.2. The summed E-state index contributed by atoms with van der Waals surface area (Å²) >= 11 is 6.02. The Kier molecular flexibility index (Phi) is 6.33. The van der Waals surface area contributed by atoms with Crippen LogP contribution in [-0.4, -0.2) is 10.5 Å². The van der Waals surface area contributed by atoms with Crippen LogP contribution in [0.5, 0.6) is 5.75 Å². The van der Waals surface area contributed by atoms with Crippen molar-refractivity contribution in [3.63, 3.8) is 0 Å². The van der Waals surface area contributed by atoms with Crippen LogP contribution in [0.4, 0.5) is 18.9 Å². The average molecular weight is 473 g/mol. The number of carbonyl (C=O) groups excluding carboxylic acids is 1. The Morgan fingerprint density at radius 1 is 1.06 bits per heavy atom. The van der Waals surface area contributed by atoms with Gasteiger partial charge in [0.05, 0.1) is 21.8 Å². The second-order valence-corrected chi connectivity index (χ2v) is 7.95. The van der Waals surface area contributed by atoms with Crippen LogP contribution in [0.1, 0.15) is 24.1 Å². The summed E-state index contributed by atoms with van der Waals surface area (Å²) in [6.45, 7) is 2.06. The van der Waals surface area contributed by atoms with Gasteiger partial charge in [0.25, 0.3) is 0 Å². The van der Waals surface area contributed by atoms with Gasteiger partial charge in [0.1, 0.15) is 18.4 Å². The van der Waals surface area contributed by atoms with Crippen molar-refractivity contribution in [2.45, 2.75) is 25.7 Å². The normalized spacial score (nSPS) is 12.5. The number of amides is 1. The van der Waals surface area contributed by atoms with E-state index in [9.17, 15) is 18.0 Å². The lowest BCUT2D eigenvalue weighted by Crippen LogP contribution is -2.23. The number of rotatable bonds is 6. The Hall–Kier alpha value is -3.45. The van der Waals surface area contributed by atoms with Crippen LogP contribution >= 0.6 is 11.6 Å². The molecule has 0 radical (unpaired) electrons. The minimum absolute atomic E-state index is 0.0255. The Morgan fingerprint density at radius 3 is 2.55 bits per heavy atom. The Balaban J connectivity index is 1.55. The van der Waals surface area contributed by atoms with Crippen molar-refractivity contribution < 1.29 is 22.7 Å². The van der Waals surface area contributed by atoms with Gasteiger partial charge in [-0.2, -0.15) is 13.2 Å². The molecule has 1 amide bonds. The summed E-state index contributed by atoms with van der Waals surface area (Å²) in [7, 11) is 0. The Morgan fingerprint density at radius 2 is 1.82 bits per heavy atom. The van der Waals surface area contributed by atoms with Gasteiger partial charge < -0.3 is 14.6 Å². The molecular weight excluding hydrogens is 453 g/mol. The summed E-state index contributed by atoms with van der Waals surface area (Å²) in [5, 5.41) is 3.36. The van der Waals surface area contributed by atoms with Crippen molar-refractivity contribution in [3.05, 3.63) is 95.1 Å². The summed E-state index contributed by atoms with van der Waals surface area (Å²) in [6.07, 6.45) is -2.79. The molecule has 4 rings (SSSR count). The second-order valence-electron chi connectivity index (χ2n) is 7.54. The first-order valence-electron chi connectivity index (χ1n) is 10.2. The average Bonchev–Trinajstić information content (AvgIpc) is 3.23. The zero-order valence-electron chi connectivity index (χ0n) is 17.6. The minimum Gasteiger partial charge on any atom is -0.488 e. The van der Waals surface area contributed by atoms with Crippen LogP contribution in [-0.2, 0) is 17.6 Å². The van der Waals surface area contributed by atoms with E-state index in [0.717, 1.165) is 34.7 Å². The number of hydrogen-bond donors (Lipinski definition) is 1. The number of aromatic nitrogens is 1. The van der Waals surface area contributed by atoms with Crippen molar-refractivity contribution in [1.29, 1.82) is 0 Å². The van der Waals surface area contributed by atoms with Gasteiger partial charge in [0.2, 0.25) is 5.91 Å². The predicted molar refractivity (Wildman–Crippen MR) is 123 cm³/mol. The Labute approximate surface area is 193 Å². The fourth-order valence-electron chi connectivity index (χ4n) is 3.52. The van der Waals surface area contributed by atoms with E-state index in [0.29, 0.717) is 12.4 Å². The van der Waals surface area contributed by atoms with Gasteiger partial charge in [0, 0.05) is 11.6 Å². The van der Waals surface area contributed by atoms with Crippen LogP contribution in [0.15, 0.2) is 79.0 Å². The zero-order chi connectivity index (χ0) is 23.6. The molecule has 33 heavy (non-hydrogen) atoms. The zero-order valence-corrected chi connectivity index (χ0v) is 18.3. The van der Waals surface area contributed by atoms with Gasteiger partial charge in [-0.1, -0.05) is 48.0 Å². The van der Waals surface area contributed by atoms with Crippen molar-refractivity contribution in [2.75, 3.05) is 5.32 Å². The van der Waals surface area contributed by atoms with E-state index in [2.05, 4.69) is 5.32 Å². The summed E-state index contributed by atoms with van der Waals surface area (Å²) < 4.78 is 46.8. The van der Waals surface area contributed by atoms with E-state index in [1.54, 1.807) is 17.7 Å². The summed E-state index contributed by atoms with van der Waals surface area (Å²) in [4.78, 5) is 12.9. The quantitative estimate of drug-likeness (QED) is 0.325. The highest BCUT2D eigenvalue weighted by Gasteiger charge is 2.31. The number of nitrogens with one attached hydrogen (secondary N) is 1. The van der Waals surface area contributed by atoms with Crippen molar-refractivity contribution >= 4 is 34.1 Å². The van der Waals surface area contributed by atoms with Crippen LogP contribution in [0.3, 0.4) is 0 Å². The van der Waals surface area contributed by atoms with E-state index in [4.69, 9.17) is 16.3 Å². The van der Waals surface area contributed by atoms with E-state index in [-0.39, 0.29) is 10.7 Å². The standard InChI is InChI=1S/C25H20ClF3N2O2/c1-16(24(32)30-21-14-18(25(27,28)29)10-11-20(21)26)31-13-12-19-22(31)8-5-9-23(19)33-15-17-6-3-2-4-7-17/h2-14,16H,15H2,1H3,(H,30,32). The van der Waals surface area contributed by atoms with Crippen LogP contribution in [0.25, 0.3) is 10.9 Å². The summed E-state index contributed by atoms with van der Waals surface area (Å²) in [5.41, 5.74) is 0.811. The van der Waals surface area contributed by atoms with Crippen molar-refractivity contribution in [1.82, 2.24) is 4.57 Å². The molecule has 1 atom stereocenters. The number of alkyl halides is 3. The van der Waals surface area contributed by atoms with Crippen LogP contribution < -0.4 is 10.1 Å². The van der Waals surface area contributed by atoms with Gasteiger partial charge >= 0.3 is 6.18 Å². The van der Waals surface area contributed by atoms with E-state index in [1.165, 1.54) is 0 Å². The number of anilines is 1. The van der Waals surface area contributed by atoms with Gasteiger partial charge in [-0.05, 0) is 48.9 Å². The maximum atomic E-state index is 13.0. The van der Waals surface area contributed by atoms with Crippen molar-refractivity contribution in [3.8, 4) is 5.75 Å². The van der Waals surface area contributed by atoms with E-state index in [1.807, 2.05) is 54.6 Å².